The van der Waals surface area contributed by atoms with Crippen molar-refractivity contribution < 1.29 is 4.79 Å². The Kier molecular flexibility index (Phi) is 6.10. The van der Waals surface area contributed by atoms with Gasteiger partial charge < -0.3 is 9.88 Å². The largest absolute Gasteiger partial charge is 0.346 e. The number of aryl methyl sites for hydroxylation is 1. The van der Waals surface area contributed by atoms with E-state index in [0.29, 0.717) is 18.7 Å². The first-order valence-electron chi connectivity index (χ1n) is 10.1. The number of halogens is 1. The van der Waals surface area contributed by atoms with Gasteiger partial charge in [0.1, 0.15) is 5.82 Å². The molecular formula is C24H23ClN4O. The van der Waals surface area contributed by atoms with Crippen LogP contribution in [0.25, 0.3) is 11.0 Å². The smallest absolute Gasteiger partial charge is 0.251 e. The third-order valence-corrected chi connectivity index (χ3v) is 5.23. The molecule has 0 saturated heterocycles. The Morgan fingerprint density at radius 3 is 2.67 bits per heavy atom. The fraction of sp³-hybridized carbons (Fsp3) is 0.208. The molecule has 5 nitrogen and oxygen atoms in total. The van der Waals surface area contributed by atoms with E-state index in [4.69, 9.17) is 16.6 Å². The second-order valence-corrected chi connectivity index (χ2v) is 7.63. The minimum Gasteiger partial charge on any atom is -0.346 e. The normalized spacial score (nSPS) is 11.0. The van der Waals surface area contributed by atoms with Gasteiger partial charge in [0.2, 0.25) is 0 Å². The van der Waals surface area contributed by atoms with Crippen LogP contribution < -0.4 is 5.32 Å². The SMILES string of the molecule is CCCc1nc2ccc(C(=O)NCc3ccccn3)cc2n1Cc1ccc(Cl)cc1. The van der Waals surface area contributed by atoms with E-state index in [1.165, 1.54) is 0 Å². The maximum atomic E-state index is 12.7. The molecule has 0 unspecified atom stereocenters. The van der Waals surface area contributed by atoms with Crippen molar-refractivity contribution in [2.24, 2.45) is 0 Å². The first-order valence-corrected chi connectivity index (χ1v) is 10.4. The van der Waals surface area contributed by atoms with Gasteiger partial charge in [0.05, 0.1) is 23.3 Å². The molecule has 2 heterocycles. The molecule has 0 saturated carbocycles. The number of nitrogens with zero attached hydrogens (tertiary/aromatic N) is 3. The van der Waals surface area contributed by atoms with Crippen LogP contribution in [0.4, 0.5) is 0 Å². The molecule has 2 aromatic heterocycles. The number of hydrogen-bond acceptors (Lipinski definition) is 3. The summed E-state index contributed by atoms with van der Waals surface area (Å²) >= 11 is 6.03. The third-order valence-electron chi connectivity index (χ3n) is 4.97. The van der Waals surface area contributed by atoms with E-state index in [2.05, 4.69) is 21.8 Å². The zero-order chi connectivity index (χ0) is 20.9. The Labute approximate surface area is 180 Å². The highest BCUT2D eigenvalue weighted by Crippen LogP contribution is 2.22. The summed E-state index contributed by atoms with van der Waals surface area (Å²) in [6, 6.07) is 19.2. The molecule has 2 aromatic carbocycles. The van der Waals surface area contributed by atoms with Crippen LogP contribution in [0.3, 0.4) is 0 Å². The lowest BCUT2D eigenvalue weighted by Crippen LogP contribution is -2.23. The predicted octanol–water partition coefficient (Wildman–Crippen LogP) is 5.02. The lowest BCUT2D eigenvalue weighted by Gasteiger charge is -2.10. The van der Waals surface area contributed by atoms with Crippen molar-refractivity contribution in [2.45, 2.75) is 32.9 Å². The highest BCUT2D eigenvalue weighted by Gasteiger charge is 2.14. The number of benzene rings is 2. The molecular weight excluding hydrogens is 396 g/mol. The van der Waals surface area contributed by atoms with Crippen LogP contribution in [-0.2, 0) is 19.5 Å². The number of carbonyl (C=O) groups excluding carboxylic acids is 1. The fourth-order valence-electron chi connectivity index (χ4n) is 3.45. The van der Waals surface area contributed by atoms with E-state index in [1.54, 1.807) is 6.20 Å². The topological polar surface area (TPSA) is 59.8 Å². The summed E-state index contributed by atoms with van der Waals surface area (Å²) in [6.45, 7) is 3.22. The second-order valence-electron chi connectivity index (χ2n) is 7.20. The Morgan fingerprint density at radius 1 is 1.10 bits per heavy atom. The molecule has 1 amide bonds. The van der Waals surface area contributed by atoms with Crippen molar-refractivity contribution in [3.05, 3.63) is 94.5 Å². The number of carbonyl (C=O) groups is 1. The highest BCUT2D eigenvalue weighted by molar-refractivity contribution is 6.30. The van der Waals surface area contributed by atoms with Crippen LogP contribution >= 0.6 is 11.6 Å². The number of fused-ring (bicyclic) bond motifs is 1. The van der Waals surface area contributed by atoms with Gasteiger partial charge in [-0.15, -0.1) is 0 Å². The van der Waals surface area contributed by atoms with Gasteiger partial charge in [-0.2, -0.15) is 0 Å². The maximum absolute atomic E-state index is 12.7. The van der Waals surface area contributed by atoms with Crippen LogP contribution in [0.2, 0.25) is 5.02 Å². The Bertz CT molecular complexity index is 1150. The summed E-state index contributed by atoms with van der Waals surface area (Å²) in [5.41, 5.74) is 4.43. The van der Waals surface area contributed by atoms with Crippen molar-refractivity contribution in [3.8, 4) is 0 Å². The Balaban J connectivity index is 1.63. The lowest BCUT2D eigenvalue weighted by molar-refractivity contribution is 0.0950. The number of rotatable bonds is 7. The van der Waals surface area contributed by atoms with Crippen molar-refractivity contribution in [3.63, 3.8) is 0 Å². The first kappa shape index (κ1) is 20.1. The number of amides is 1. The molecule has 1 N–H and O–H groups in total. The van der Waals surface area contributed by atoms with Gasteiger partial charge in [0.15, 0.2) is 0 Å². The average molecular weight is 419 g/mol. The molecule has 4 rings (SSSR count). The summed E-state index contributed by atoms with van der Waals surface area (Å²) in [7, 11) is 0. The van der Waals surface area contributed by atoms with Crippen molar-refractivity contribution >= 4 is 28.5 Å². The van der Waals surface area contributed by atoms with E-state index < -0.39 is 0 Å². The number of nitrogens with one attached hydrogen (secondary N) is 1. The van der Waals surface area contributed by atoms with Crippen molar-refractivity contribution in [1.29, 1.82) is 0 Å². The fourth-order valence-corrected chi connectivity index (χ4v) is 3.58. The summed E-state index contributed by atoms with van der Waals surface area (Å²) < 4.78 is 2.19. The van der Waals surface area contributed by atoms with E-state index in [9.17, 15) is 4.79 Å². The highest BCUT2D eigenvalue weighted by atomic mass is 35.5. The molecule has 152 valence electrons. The summed E-state index contributed by atoms with van der Waals surface area (Å²) in [6.07, 6.45) is 3.60. The number of imidazole rings is 1. The van der Waals surface area contributed by atoms with E-state index >= 15 is 0 Å². The Morgan fingerprint density at radius 2 is 1.93 bits per heavy atom. The zero-order valence-corrected chi connectivity index (χ0v) is 17.6. The molecule has 0 fully saturated rings. The monoisotopic (exact) mass is 418 g/mol. The summed E-state index contributed by atoms with van der Waals surface area (Å²) in [5.74, 6) is 0.896. The summed E-state index contributed by atoms with van der Waals surface area (Å²) in [4.78, 5) is 21.8. The van der Waals surface area contributed by atoms with Gasteiger partial charge in [0, 0.05) is 29.7 Å². The minimum atomic E-state index is -0.126. The van der Waals surface area contributed by atoms with E-state index in [0.717, 1.165) is 46.0 Å². The molecule has 6 heteroatoms. The van der Waals surface area contributed by atoms with Gasteiger partial charge in [0.25, 0.3) is 5.91 Å². The zero-order valence-electron chi connectivity index (χ0n) is 16.8. The molecule has 0 aliphatic carbocycles. The first-order chi connectivity index (χ1) is 14.6. The van der Waals surface area contributed by atoms with Gasteiger partial charge in [-0.3, -0.25) is 9.78 Å². The average Bonchev–Trinajstić information content (AvgIpc) is 3.11. The number of hydrogen-bond donors (Lipinski definition) is 1. The molecule has 30 heavy (non-hydrogen) atoms. The maximum Gasteiger partial charge on any atom is 0.251 e. The van der Waals surface area contributed by atoms with Gasteiger partial charge in [-0.1, -0.05) is 36.7 Å². The van der Waals surface area contributed by atoms with Crippen molar-refractivity contribution in [2.75, 3.05) is 0 Å². The van der Waals surface area contributed by atoms with Gasteiger partial charge in [-0.05, 0) is 54.4 Å². The van der Waals surface area contributed by atoms with Crippen molar-refractivity contribution in [1.82, 2.24) is 19.9 Å². The van der Waals surface area contributed by atoms with E-state index in [-0.39, 0.29) is 5.91 Å². The van der Waals surface area contributed by atoms with Crippen LogP contribution in [-0.4, -0.2) is 20.4 Å². The third kappa shape index (κ3) is 4.52. The van der Waals surface area contributed by atoms with E-state index in [1.807, 2.05) is 60.7 Å². The van der Waals surface area contributed by atoms with Crippen LogP contribution in [0.1, 0.15) is 40.8 Å². The van der Waals surface area contributed by atoms with Crippen LogP contribution in [0.15, 0.2) is 66.9 Å². The molecule has 0 spiro atoms. The van der Waals surface area contributed by atoms with Crippen LogP contribution in [0, 0.1) is 0 Å². The predicted molar refractivity (Wildman–Crippen MR) is 120 cm³/mol. The van der Waals surface area contributed by atoms with Gasteiger partial charge >= 0.3 is 0 Å². The Hall–Kier alpha value is -3.18. The molecule has 4 aromatic rings. The van der Waals surface area contributed by atoms with Crippen LogP contribution in [0.5, 0.6) is 0 Å². The lowest BCUT2D eigenvalue weighted by atomic mass is 10.1. The van der Waals surface area contributed by atoms with Gasteiger partial charge in [-0.25, -0.2) is 4.98 Å². The standard InChI is InChI=1S/C24H23ClN4O/c1-2-5-23-28-21-12-9-18(24(30)27-15-20-6-3-4-13-26-20)14-22(21)29(23)16-17-7-10-19(25)11-8-17/h3-4,6-14H,2,5,15-16H2,1H3,(H,27,30). The molecule has 0 radical (unpaired) electrons. The minimum absolute atomic E-state index is 0.126. The summed E-state index contributed by atoms with van der Waals surface area (Å²) in [5, 5.41) is 3.66. The molecule has 0 bridgehead atoms. The molecule has 0 aliphatic rings. The molecule has 0 atom stereocenters. The number of aromatic nitrogens is 3. The number of pyridine rings is 1. The quantitative estimate of drug-likeness (QED) is 0.458. The second kappa shape index (κ2) is 9.09. The molecule has 0 aliphatic heterocycles.